The van der Waals surface area contributed by atoms with E-state index in [1.54, 1.807) is 0 Å². The van der Waals surface area contributed by atoms with Gasteiger partial charge in [-0.2, -0.15) is 35.9 Å². The van der Waals surface area contributed by atoms with Crippen molar-refractivity contribution < 1.29 is 46.5 Å². The van der Waals surface area contributed by atoms with Crippen molar-refractivity contribution in [1.82, 2.24) is 10.2 Å². The predicted molar refractivity (Wildman–Crippen MR) is 88.4 cm³/mol. The van der Waals surface area contributed by atoms with Crippen molar-refractivity contribution in [3.63, 3.8) is 0 Å². The SMILES string of the molecule is [Cl-].[Cl-].[Ti+4].[c-]1cccc2c1Cc1ccccc1-2.[c-]1n[nH]c2ccccc12. The molecule has 2 nitrogen and oxygen atoms in total. The summed E-state index contributed by atoms with van der Waals surface area (Å²) in [5, 5.41) is 7.60. The molecule has 0 spiro atoms. The first-order valence-corrected chi connectivity index (χ1v) is 7.30. The number of rotatable bonds is 0. The largest absolute Gasteiger partial charge is 4.00 e. The summed E-state index contributed by atoms with van der Waals surface area (Å²) < 4.78 is 0. The van der Waals surface area contributed by atoms with E-state index in [-0.39, 0.29) is 46.5 Å². The van der Waals surface area contributed by atoms with E-state index in [4.69, 9.17) is 0 Å². The minimum absolute atomic E-state index is 0. The van der Waals surface area contributed by atoms with Crippen molar-refractivity contribution >= 4 is 10.9 Å². The predicted octanol–water partition coefficient (Wildman–Crippen LogP) is -1.57. The van der Waals surface area contributed by atoms with Crippen LogP contribution in [-0.2, 0) is 28.1 Å². The number of hydrogen-bond donors (Lipinski definition) is 1. The fourth-order valence-corrected chi connectivity index (χ4v) is 2.82. The van der Waals surface area contributed by atoms with Gasteiger partial charge >= 0.3 is 21.7 Å². The number of hydrogen-bond acceptors (Lipinski definition) is 1. The van der Waals surface area contributed by atoms with E-state index in [0.717, 1.165) is 17.3 Å². The van der Waals surface area contributed by atoms with Gasteiger partial charge in [-0.3, -0.25) is 5.10 Å². The van der Waals surface area contributed by atoms with Gasteiger partial charge in [-0.15, -0.1) is 17.0 Å². The Morgan fingerprint density at radius 1 is 0.840 bits per heavy atom. The van der Waals surface area contributed by atoms with Gasteiger partial charge in [0.25, 0.3) is 0 Å². The topological polar surface area (TPSA) is 28.7 Å². The fourth-order valence-electron chi connectivity index (χ4n) is 2.82. The molecule has 25 heavy (non-hydrogen) atoms. The number of halogens is 2. The molecule has 0 atom stereocenters. The molecule has 0 bridgehead atoms. The van der Waals surface area contributed by atoms with Crippen LogP contribution in [0.3, 0.4) is 0 Å². The molecule has 0 saturated heterocycles. The van der Waals surface area contributed by atoms with Gasteiger partial charge in [0.15, 0.2) is 0 Å². The van der Waals surface area contributed by atoms with Crippen LogP contribution in [0.5, 0.6) is 0 Å². The number of fused-ring (bicyclic) bond motifs is 4. The van der Waals surface area contributed by atoms with Crippen molar-refractivity contribution in [1.29, 1.82) is 0 Å². The van der Waals surface area contributed by atoms with Crippen molar-refractivity contribution in [3.05, 3.63) is 90.1 Å². The van der Waals surface area contributed by atoms with Gasteiger partial charge < -0.3 is 29.9 Å². The number of para-hydroxylation sites is 1. The van der Waals surface area contributed by atoms with Crippen LogP contribution in [0.25, 0.3) is 22.0 Å². The van der Waals surface area contributed by atoms with E-state index >= 15 is 0 Å². The van der Waals surface area contributed by atoms with E-state index in [9.17, 15) is 0 Å². The Kier molecular flexibility index (Phi) is 8.41. The molecule has 0 amide bonds. The third-order valence-corrected chi connectivity index (χ3v) is 3.90. The van der Waals surface area contributed by atoms with Crippen LogP contribution in [0.15, 0.2) is 66.7 Å². The molecule has 1 aliphatic carbocycles. The summed E-state index contributed by atoms with van der Waals surface area (Å²) >= 11 is 0. The van der Waals surface area contributed by atoms with Gasteiger partial charge in [0.1, 0.15) is 0 Å². The third-order valence-electron chi connectivity index (χ3n) is 3.90. The molecule has 1 aromatic heterocycles. The van der Waals surface area contributed by atoms with Gasteiger partial charge in [-0.05, 0) is 18.1 Å². The van der Waals surface area contributed by atoms with E-state index in [1.807, 2.05) is 30.3 Å². The van der Waals surface area contributed by atoms with Crippen LogP contribution in [0.1, 0.15) is 11.1 Å². The molecule has 0 fully saturated rings. The Bertz CT molecular complexity index is 864. The first kappa shape index (κ1) is 21.5. The van der Waals surface area contributed by atoms with E-state index < -0.39 is 0 Å². The molecule has 0 aliphatic heterocycles. The standard InChI is InChI=1S/C13H9.C7H5N2.2ClH.Ti/c1-3-7-12-10(5-1)9-11-6-2-4-8-13(11)12;1-2-4-7-6(3-1)5-8-9-7;;;/h1-5,7-8H,9H2;1-4H,(H,8,9);2*1H;/q2*-1;;;+4/p-2. The minimum Gasteiger partial charge on any atom is -1.00 e. The Morgan fingerprint density at radius 3 is 2.40 bits per heavy atom. The average molecular weight is 401 g/mol. The van der Waals surface area contributed by atoms with Crippen LogP contribution < -0.4 is 24.8 Å². The summed E-state index contributed by atoms with van der Waals surface area (Å²) in [5.74, 6) is 0. The number of aromatic amines is 1. The van der Waals surface area contributed by atoms with Crippen LogP contribution in [0.2, 0.25) is 0 Å². The summed E-state index contributed by atoms with van der Waals surface area (Å²) in [5.41, 5.74) is 6.55. The maximum absolute atomic E-state index is 3.75. The van der Waals surface area contributed by atoms with Gasteiger partial charge in [-0.1, -0.05) is 47.5 Å². The first-order valence-electron chi connectivity index (χ1n) is 7.30. The number of nitrogens with one attached hydrogen (secondary N) is 1. The van der Waals surface area contributed by atoms with Gasteiger partial charge in [0.2, 0.25) is 0 Å². The quantitative estimate of drug-likeness (QED) is 0.247. The Balaban J connectivity index is 0.000000234. The Morgan fingerprint density at radius 2 is 1.56 bits per heavy atom. The molecular weight excluding hydrogens is 387 g/mol. The molecule has 5 heteroatoms. The number of H-pyrrole nitrogens is 1. The van der Waals surface area contributed by atoms with Crippen LogP contribution in [0, 0.1) is 12.3 Å². The van der Waals surface area contributed by atoms with Gasteiger partial charge in [-0.25, -0.2) is 0 Å². The van der Waals surface area contributed by atoms with Crippen LogP contribution >= 0.6 is 0 Å². The second-order valence-corrected chi connectivity index (χ2v) is 5.28. The maximum atomic E-state index is 3.75. The molecule has 1 N–H and O–H groups in total. The molecular formula is C20H14Cl2N2Ti. The molecule has 0 unspecified atom stereocenters. The van der Waals surface area contributed by atoms with Crippen molar-refractivity contribution in [2.45, 2.75) is 6.42 Å². The molecule has 0 saturated carbocycles. The normalized spacial score (nSPS) is 10.1. The third kappa shape index (κ3) is 4.53. The second-order valence-electron chi connectivity index (χ2n) is 5.28. The monoisotopic (exact) mass is 400 g/mol. The molecule has 5 rings (SSSR count). The summed E-state index contributed by atoms with van der Waals surface area (Å²) in [6, 6.07) is 26.0. The molecule has 1 heterocycles. The molecule has 122 valence electrons. The van der Waals surface area contributed by atoms with Crippen LogP contribution in [0.4, 0.5) is 0 Å². The van der Waals surface area contributed by atoms with E-state index in [2.05, 4.69) is 58.9 Å². The summed E-state index contributed by atoms with van der Waals surface area (Å²) in [6.07, 6.45) is 3.86. The number of benzene rings is 3. The molecule has 0 radical (unpaired) electrons. The molecule has 4 aromatic rings. The fraction of sp³-hybridized carbons (Fsp3) is 0.0500. The van der Waals surface area contributed by atoms with Crippen LogP contribution in [-0.4, -0.2) is 10.2 Å². The maximum Gasteiger partial charge on any atom is 4.00 e. The van der Waals surface area contributed by atoms with Crippen molar-refractivity contribution in [2.24, 2.45) is 0 Å². The molecule has 3 aromatic carbocycles. The van der Waals surface area contributed by atoms with E-state index in [0.29, 0.717) is 0 Å². The zero-order valence-electron chi connectivity index (χ0n) is 13.3. The molecule has 1 aliphatic rings. The summed E-state index contributed by atoms with van der Waals surface area (Å²) in [6.45, 7) is 0. The Hall–Kier alpha value is -1.58. The average Bonchev–Trinajstić information content (AvgIpc) is 3.19. The summed E-state index contributed by atoms with van der Waals surface area (Å²) in [4.78, 5) is 0. The number of nitrogens with zero attached hydrogens (tertiary/aromatic N) is 1. The van der Waals surface area contributed by atoms with Crippen molar-refractivity contribution in [3.8, 4) is 11.1 Å². The second kappa shape index (κ2) is 9.79. The number of aromatic nitrogens is 2. The van der Waals surface area contributed by atoms with Gasteiger partial charge in [0.05, 0.1) is 0 Å². The zero-order chi connectivity index (χ0) is 14.8. The smallest absolute Gasteiger partial charge is 1.00 e. The minimum atomic E-state index is 0. The van der Waals surface area contributed by atoms with Gasteiger partial charge in [0, 0.05) is 0 Å². The Labute approximate surface area is 174 Å². The van der Waals surface area contributed by atoms with Crippen molar-refractivity contribution in [2.75, 3.05) is 0 Å². The zero-order valence-corrected chi connectivity index (χ0v) is 16.3. The first-order chi connectivity index (χ1) is 10.9. The summed E-state index contributed by atoms with van der Waals surface area (Å²) in [7, 11) is 0. The van der Waals surface area contributed by atoms with E-state index in [1.165, 1.54) is 22.3 Å².